The first-order chi connectivity index (χ1) is 8.65. The fraction of sp³-hybridized carbons (Fsp3) is 0.154. The first-order valence-electron chi connectivity index (χ1n) is 5.47. The van der Waals surface area contributed by atoms with Crippen molar-refractivity contribution in [1.29, 1.82) is 5.26 Å². The van der Waals surface area contributed by atoms with Gasteiger partial charge in [0.1, 0.15) is 11.3 Å². The molecule has 0 aliphatic rings. The predicted octanol–water partition coefficient (Wildman–Crippen LogP) is 2.14. The summed E-state index contributed by atoms with van der Waals surface area (Å²) in [6.45, 7) is 2.48. The van der Waals surface area contributed by atoms with Crippen LogP contribution in [0.3, 0.4) is 0 Å². The monoisotopic (exact) mass is 241 g/mol. The first kappa shape index (κ1) is 11.9. The van der Waals surface area contributed by atoms with E-state index in [2.05, 4.69) is 5.10 Å². The van der Waals surface area contributed by atoms with E-state index in [-0.39, 0.29) is 5.56 Å². The van der Waals surface area contributed by atoms with Crippen molar-refractivity contribution in [2.75, 3.05) is 0 Å². The van der Waals surface area contributed by atoms with Crippen molar-refractivity contribution < 1.29 is 9.90 Å². The Morgan fingerprint density at radius 1 is 1.56 bits per heavy atom. The number of aryl methyl sites for hydroxylation is 1. The first-order valence-corrected chi connectivity index (χ1v) is 5.47. The number of carboxylic acid groups (broad SMARTS) is 1. The minimum atomic E-state index is -1.02. The van der Waals surface area contributed by atoms with Gasteiger partial charge in [-0.2, -0.15) is 10.4 Å². The van der Waals surface area contributed by atoms with Crippen LogP contribution in [0.25, 0.3) is 11.3 Å². The van der Waals surface area contributed by atoms with E-state index in [1.54, 1.807) is 28.9 Å². The molecule has 1 N–H and O–H groups in total. The maximum atomic E-state index is 11.2. The highest BCUT2D eigenvalue weighted by molar-refractivity contribution is 5.94. The second kappa shape index (κ2) is 4.72. The number of nitriles is 1. The minimum absolute atomic E-state index is 0.145. The molecular weight excluding hydrogens is 230 g/mol. The van der Waals surface area contributed by atoms with Crippen LogP contribution >= 0.6 is 0 Å². The summed E-state index contributed by atoms with van der Waals surface area (Å²) in [4.78, 5) is 11.2. The van der Waals surface area contributed by atoms with Crippen molar-refractivity contribution >= 4 is 5.97 Å². The molecule has 90 valence electrons. The van der Waals surface area contributed by atoms with E-state index in [1.807, 2.05) is 13.0 Å². The van der Waals surface area contributed by atoms with Gasteiger partial charge in [-0.15, -0.1) is 0 Å². The standard InChI is InChI=1S/C13H11N3O2/c1-2-16-8-11(13(17)18)12(15-16)10-5-3-4-9(6-10)7-14/h3-6,8H,2H2,1H3,(H,17,18). The van der Waals surface area contributed by atoms with Gasteiger partial charge < -0.3 is 5.11 Å². The molecule has 0 bridgehead atoms. The molecule has 1 aromatic carbocycles. The molecule has 0 radical (unpaired) electrons. The largest absolute Gasteiger partial charge is 0.478 e. The smallest absolute Gasteiger partial charge is 0.339 e. The molecule has 0 saturated heterocycles. The lowest BCUT2D eigenvalue weighted by Gasteiger charge is -1.99. The maximum Gasteiger partial charge on any atom is 0.339 e. The second-order valence-corrected chi connectivity index (χ2v) is 3.74. The van der Waals surface area contributed by atoms with Gasteiger partial charge in [0, 0.05) is 18.3 Å². The third-order valence-electron chi connectivity index (χ3n) is 2.58. The van der Waals surface area contributed by atoms with Gasteiger partial charge in [-0.1, -0.05) is 12.1 Å². The molecule has 0 unspecified atom stereocenters. The van der Waals surface area contributed by atoms with E-state index in [4.69, 9.17) is 10.4 Å². The van der Waals surface area contributed by atoms with Crippen LogP contribution in [-0.2, 0) is 6.54 Å². The van der Waals surface area contributed by atoms with Crippen molar-refractivity contribution in [3.63, 3.8) is 0 Å². The zero-order valence-electron chi connectivity index (χ0n) is 9.79. The fourth-order valence-corrected chi connectivity index (χ4v) is 1.69. The topological polar surface area (TPSA) is 78.9 Å². The van der Waals surface area contributed by atoms with Gasteiger partial charge >= 0.3 is 5.97 Å². The van der Waals surface area contributed by atoms with Crippen LogP contribution in [0.1, 0.15) is 22.8 Å². The Balaban J connectivity index is 2.59. The number of hydrogen-bond donors (Lipinski definition) is 1. The Hall–Kier alpha value is -2.61. The molecule has 0 saturated carbocycles. The molecular formula is C13H11N3O2. The third kappa shape index (κ3) is 2.09. The molecule has 18 heavy (non-hydrogen) atoms. The average molecular weight is 241 g/mol. The second-order valence-electron chi connectivity index (χ2n) is 3.74. The SMILES string of the molecule is CCn1cc(C(=O)O)c(-c2cccc(C#N)c2)n1. The zero-order chi connectivity index (χ0) is 13.1. The number of aromatic carboxylic acids is 1. The van der Waals surface area contributed by atoms with Gasteiger partial charge in [0.25, 0.3) is 0 Å². The summed E-state index contributed by atoms with van der Waals surface area (Å²) in [7, 11) is 0. The van der Waals surface area contributed by atoms with E-state index in [0.29, 0.717) is 23.4 Å². The molecule has 0 aliphatic heterocycles. The molecule has 0 spiro atoms. The number of rotatable bonds is 3. The van der Waals surface area contributed by atoms with Gasteiger partial charge in [0.2, 0.25) is 0 Å². The molecule has 2 aromatic rings. The molecule has 5 nitrogen and oxygen atoms in total. The van der Waals surface area contributed by atoms with Crippen molar-refractivity contribution in [2.24, 2.45) is 0 Å². The highest BCUT2D eigenvalue weighted by atomic mass is 16.4. The van der Waals surface area contributed by atoms with E-state index in [1.165, 1.54) is 6.20 Å². The normalized spacial score (nSPS) is 10.0. The zero-order valence-corrected chi connectivity index (χ0v) is 9.79. The third-order valence-corrected chi connectivity index (χ3v) is 2.58. The molecule has 1 aromatic heterocycles. The molecule has 2 rings (SSSR count). The summed E-state index contributed by atoms with van der Waals surface area (Å²) in [6, 6.07) is 8.78. The minimum Gasteiger partial charge on any atom is -0.478 e. The maximum absolute atomic E-state index is 11.2. The lowest BCUT2D eigenvalue weighted by Crippen LogP contribution is -1.96. The Labute approximate surface area is 104 Å². The number of carbonyl (C=O) groups is 1. The summed E-state index contributed by atoms with van der Waals surface area (Å²) in [5, 5.41) is 22.2. The number of aromatic nitrogens is 2. The van der Waals surface area contributed by atoms with E-state index in [0.717, 1.165) is 0 Å². The summed E-state index contributed by atoms with van der Waals surface area (Å²) in [6.07, 6.45) is 1.50. The van der Waals surface area contributed by atoms with Crippen LogP contribution in [0.15, 0.2) is 30.5 Å². The molecule has 1 heterocycles. The fourth-order valence-electron chi connectivity index (χ4n) is 1.69. The Bertz CT molecular complexity index is 638. The summed E-state index contributed by atoms with van der Waals surface area (Å²) in [5.41, 5.74) is 1.65. The average Bonchev–Trinajstić information content (AvgIpc) is 2.83. The molecule has 0 atom stereocenters. The van der Waals surface area contributed by atoms with E-state index in [9.17, 15) is 4.79 Å². The molecule has 0 amide bonds. The van der Waals surface area contributed by atoms with Crippen LogP contribution < -0.4 is 0 Å². The van der Waals surface area contributed by atoms with Crippen molar-refractivity contribution in [1.82, 2.24) is 9.78 Å². The van der Waals surface area contributed by atoms with Gasteiger partial charge in [-0.3, -0.25) is 4.68 Å². The Kier molecular flexibility index (Phi) is 3.11. The van der Waals surface area contributed by atoms with Crippen molar-refractivity contribution in [3.05, 3.63) is 41.6 Å². The van der Waals surface area contributed by atoms with Crippen LogP contribution in [0.2, 0.25) is 0 Å². The Morgan fingerprint density at radius 3 is 2.94 bits per heavy atom. The van der Waals surface area contributed by atoms with E-state index >= 15 is 0 Å². The number of nitrogens with zero attached hydrogens (tertiary/aromatic N) is 3. The van der Waals surface area contributed by atoms with Crippen molar-refractivity contribution in [2.45, 2.75) is 13.5 Å². The highest BCUT2D eigenvalue weighted by Crippen LogP contribution is 2.23. The van der Waals surface area contributed by atoms with Crippen LogP contribution in [0.4, 0.5) is 0 Å². The number of hydrogen-bond acceptors (Lipinski definition) is 3. The molecule has 5 heteroatoms. The lowest BCUT2D eigenvalue weighted by molar-refractivity contribution is 0.0697. The Morgan fingerprint density at radius 2 is 2.33 bits per heavy atom. The quantitative estimate of drug-likeness (QED) is 0.892. The summed E-state index contributed by atoms with van der Waals surface area (Å²) in [5.74, 6) is -1.02. The lowest BCUT2D eigenvalue weighted by atomic mass is 10.1. The van der Waals surface area contributed by atoms with Gasteiger partial charge in [0.05, 0.1) is 11.6 Å². The highest BCUT2D eigenvalue weighted by Gasteiger charge is 2.16. The molecule has 0 aliphatic carbocycles. The number of carboxylic acids is 1. The van der Waals surface area contributed by atoms with E-state index < -0.39 is 5.97 Å². The van der Waals surface area contributed by atoms with Crippen LogP contribution in [0.5, 0.6) is 0 Å². The number of benzene rings is 1. The predicted molar refractivity (Wildman–Crippen MR) is 65.0 cm³/mol. The van der Waals surface area contributed by atoms with Crippen molar-refractivity contribution in [3.8, 4) is 17.3 Å². The summed E-state index contributed by atoms with van der Waals surface area (Å²) < 4.78 is 1.57. The molecule has 0 fully saturated rings. The van der Waals surface area contributed by atoms with Gasteiger partial charge in [-0.05, 0) is 19.1 Å². The van der Waals surface area contributed by atoms with Gasteiger partial charge in [-0.25, -0.2) is 4.79 Å². The van der Waals surface area contributed by atoms with Gasteiger partial charge in [0.15, 0.2) is 0 Å². The van der Waals surface area contributed by atoms with Crippen LogP contribution in [-0.4, -0.2) is 20.9 Å². The van der Waals surface area contributed by atoms with Crippen LogP contribution in [0, 0.1) is 11.3 Å². The summed E-state index contributed by atoms with van der Waals surface area (Å²) >= 11 is 0.